The molecule has 0 aliphatic carbocycles. The molecule has 1 heteroatoms. The second-order valence-corrected chi connectivity index (χ2v) is 4.22. The molecule has 2 aliphatic rings. The third-order valence-corrected chi connectivity index (χ3v) is 3.54. The molecule has 0 aromatic heterocycles. The molecule has 58 valence electrons. The second-order valence-electron chi connectivity index (χ2n) is 4.22. The van der Waals surface area contributed by atoms with Crippen molar-refractivity contribution >= 4 is 0 Å². The summed E-state index contributed by atoms with van der Waals surface area (Å²) in [4.78, 5) is 0. The molecule has 2 saturated heterocycles. The van der Waals surface area contributed by atoms with Crippen LogP contribution in [0.1, 0.15) is 32.1 Å². The van der Waals surface area contributed by atoms with Gasteiger partial charge in [-0.3, -0.25) is 0 Å². The van der Waals surface area contributed by atoms with Crippen molar-refractivity contribution in [2.24, 2.45) is 0 Å². The molecule has 2 heterocycles. The number of piperidine rings is 1. The van der Waals surface area contributed by atoms with Gasteiger partial charge >= 0.3 is 0 Å². The lowest BCUT2D eigenvalue weighted by Gasteiger charge is -2.39. The Morgan fingerprint density at radius 1 is 1.00 bits per heavy atom. The lowest BCUT2D eigenvalue weighted by Crippen LogP contribution is -2.50. The van der Waals surface area contributed by atoms with E-state index in [-0.39, 0.29) is 0 Å². The van der Waals surface area contributed by atoms with Crippen molar-refractivity contribution in [3.8, 4) is 0 Å². The molecular weight excluding hydrogens is 122 g/mol. The fourth-order valence-corrected chi connectivity index (χ4v) is 2.79. The maximum Gasteiger partial charge on any atom is 0.0890 e. The Kier molecular flexibility index (Phi) is 1.48. The average molecular weight is 140 g/mol. The SMILES string of the molecule is C[N+]12CCCCC1CCC2. The topological polar surface area (TPSA) is 0 Å². The zero-order chi connectivity index (χ0) is 7.03. The van der Waals surface area contributed by atoms with Gasteiger partial charge in [-0.1, -0.05) is 0 Å². The number of quaternary nitrogens is 1. The van der Waals surface area contributed by atoms with Gasteiger partial charge in [-0.15, -0.1) is 0 Å². The van der Waals surface area contributed by atoms with E-state index in [2.05, 4.69) is 7.05 Å². The molecule has 0 N–H and O–H groups in total. The molecule has 0 saturated carbocycles. The predicted molar refractivity (Wildman–Crippen MR) is 42.8 cm³/mol. The van der Waals surface area contributed by atoms with E-state index in [1.807, 2.05) is 0 Å². The minimum atomic E-state index is 1.05. The van der Waals surface area contributed by atoms with Gasteiger partial charge < -0.3 is 4.48 Å². The number of hydrogen-bond donors (Lipinski definition) is 0. The maximum absolute atomic E-state index is 2.46. The van der Waals surface area contributed by atoms with E-state index in [9.17, 15) is 0 Å². The minimum Gasteiger partial charge on any atom is -0.324 e. The second kappa shape index (κ2) is 2.23. The van der Waals surface area contributed by atoms with Crippen molar-refractivity contribution < 1.29 is 4.48 Å². The summed E-state index contributed by atoms with van der Waals surface area (Å²) in [5.41, 5.74) is 0. The molecule has 1 nitrogen and oxygen atoms in total. The fraction of sp³-hybridized carbons (Fsp3) is 1.00. The number of fused-ring (bicyclic) bond motifs is 1. The van der Waals surface area contributed by atoms with Crippen LogP contribution in [0.4, 0.5) is 0 Å². The molecule has 2 fully saturated rings. The van der Waals surface area contributed by atoms with Gasteiger partial charge in [0.25, 0.3) is 0 Å². The zero-order valence-electron chi connectivity index (χ0n) is 6.97. The van der Waals surface area contributed by atoms with Crippen LogP contribution in [-0.4, -0.2) is 30.7 Å². The molecule has 0 amide bonds. The molecular formula is C9H18N+. The van der Waals surface area contributed by atoms with Crippen molar-refractivity contribution in [1.29, 1.82) is 0 Å². The maximum atomic E-state index is 2.46. The highest BCUT2D eigenvalue weighted by Crippen LogP contribution is 2.32. The minimum absolute atomic E-state index is 1.05. The van der Waals surface area contributed by atoms with Crippen molar-refractivity contribution in [2.75, 3.05) is 20.1 Å². The summed E-state index contributed by atoms with van der Waals surface area (Å²) >= 11 is 0. The molecule has 10 heavy (non-hydrogen) atoms. The van der Waals surface area contributed by atoms with Crippen molar-refractivity contribution in [1.82, 2.24) is 0 Å². The first-order chi connectivity index (χ1) is 4.81. The first-order valence-electron chi connectivity index (χ1n) is 4.65. The van der Waals surface area contributed by atoms with Gasteiger partial charge in [0, 0.05) is 12.8 Å². The molecule has 0 aromatic carbocycles. The van der Waals surface area contributed by atoms with Crippen LogP contribution < -0.4 is 0 Å². The average Bonchev–Trinajstić information content (AvgIpc) is 2.29. The first-order valence-corrected chi connectivity index (χ1v) is 4.65. The van der Waals surface area contributed by atoms with E-state index < -0.39 is 0 Å². The first kappa shape index (κ1) is 6.66. The number of rotatable bonds is 0. The van der Waals surface area contributed by atoms with Crippen molar-refractivity contribution in [3.63, 3.8) is 0 Å². The summed E-state index contributed by atoms with van der Waals surface area (Å²) in [5.74, 6) is 0. The summed E-state index contributed by atoms with van der Waals surface area (Å²) in [6.07, 6.45) is 7.49. The summed E-state index contributed by atoms with van der Waals surface area (Å²) in [5, 5.41) is 0. The monoisotopic (exact) mass is 140 g/mol. The standard InChI is InChI=1S/C9H18N/c1-10-7-3-2-5-9(10)6-4-8-10/h9H,2-8H2,1H3/q+1. The molecule has 0 bridgehead atoms. The van der Waals surface area contributed by atoms with Gasteiger partial charge in [-0.2, -0.15) is 0 Å². The third kappa shape index (κ3) is 0.878. The third-order valence-electron chi connectivity index (χ3n) is 3.54. The van der Waals surface area contributed by atoms with Gasteiger partial charge in [-0.25, -0.2) is 0 Å². The van der Waals surface area contributed by atoms with Gasteiger partial charge in [0.1, 0.15) is 0 Å². The highest BCUT2D eigenvalue weighted by atomic mass is 15.4. The van der Waals surface area contributed by atoms with E-state index in [0.717, 1.165) is 6.04 Å². The quantitative estimate of drug-likeness (QED) is 0.450. The summed E-state index contributed by atoms with van der Waals surface area (Å²) in [7, 11) is 2.46. The fourth-order valence-electron chi connectivity index (χ4n) is 2.79. The largest absolute Gasteiger partial charge is 0.324 e. The molecule has 0 aromatic rings. The van der Waals surface area contributed by atoms with Crippen molar-refractivity contribution in [3.05, 3.63) is 0 Å². The Labute approximate surface area is 63.6 Å². The molecule has 2 aliphatic heterocycles. The Morgan fingerprint density at radius 2 is 1.70 bits per heavy atom. The van der Waals surface area contributed by atoms with Gasteiger partial charge in [0.15, 0.2) is 0 Å². The molecule has 0 radical (unpaired) electrons. The van der Waals surface area contributed by atoms with Crippen LogP contribution in [0.2, 0.25) is 0 Å². The van der Waals surface area contributed by atoms with E-state index in [4.69, 9.17) is 0 Å². The number of hydrogen-bond acceptors (Lipinski definition) is 0. The Balaban J connectivity index is 2.10. The van der Waals surface area contributed by atoms with Crippen LogP contribution in [-0.2, 0) is 0 Å². The van der Waals surface area contributed by atoms with Crippen LogP contribution in [0, 0.1) is 0 Å². The smallest absolute Gasteiger partial charge is 0.0890 e. The van der Waals surface area contributed by atoms with Crippen LogP contribution >= 0.6 is 0 Å². The predicted octanol–water partition coefficient (Wildman–Crippen LogP) is 1.78. The van der Waals surface area contributed by atoms with E-state index in [1.165, 1.54) is 49.7 Å². The molecule has 2 unspecified atom stereocenters. The molecule has 2 rings (SSSR count). The highest BCUT2D eigenvalue weighted by Gasteiger charge is 2.39. The Hall–Kier alpha value is -0.0400. The Bertz CT molecular complexity index is 133. The van der Waals surface area contributed by atoms with Crippen molar-refractivity contribution in [2.45, 2.75) is 38.1 Å². The summed E-state index contributed by atoms with van der Waals surface area (Å²) in [6, 6.07) is 1.05. The van der Waals surface area contributed by atoms with Crippen LogP contribution in [0.5, 0.6) is 0 Å². The normalized spacial score (nSPS) is 47.1. The van der Waals surface area contributed by atoms with Crippen LogP contribution in [0.15, 0.2) is 0 Å². The summed E-state index contributed by atoms with van der Waals surface area (Å²) in [6.45, 7) is 2.93. The summed E-state index contributed by atoms with van der Waals surface area (Å²) < 4.78 is 1.42. The van der Waals surface area contributed by atoms with E-state index in [1.54, 1.807) is 0 Å². The highest BCUT2D eigenvalue weighted by molar-refractivity contribution is 4.70. The van der Waals surface area contributed by atoms with E-state index >= 15 is 0 Å². The number of nitrogens with zero attached hydrogens (tertiary/aromatic N) is 1. The van der Waals surface area contributed by atoms with Gasteiger partial charge in [0.2, 0.25) is 0 Å². The van der Waals surface area contributed by atoms with Gasteiger partial charge in [-0.05, 0) is 19.3 Å². The lowest BCUT2D eigenvalue weighted by molar-refractivity contribution is -0.925. The molecule has 0 spiro atoms. The van der Waals surface area contributed by atoms with Crippen LogP contribution in [0.3, 0.4) is 0 Å². The van der Waals surface area contributed by atoms with Gasteiger partial charge in [0.05, 0.1) is 26.2 Å². The van der Waals surface area contributed by atoms with E-state index in [0.29, 0.717) is 0 Å². The van der Waals surface area contributed by atoms with Crippen LogP contribution in [0.25, 0.3) is 0 Å². The Morgan fingerprint density at radius 3 is 2.50 bits per heavy atom. The zero-order valence-corrected chi connectivity index (χ0v) is 6.97. The lowest BCUT2D eigenvalue weighted by atomic mass is 10.0. The molecule has 2 atom stereocenters.